The van der Waals surface area contributed by atoms with E-state index in [-0.39, 0.29) is 22.6 Å². The number of rotatable bonds is 4. The second-order valence-corrected chi connectivity index (χ2v) is 11.4. The first-order valence-corrected chi connectivity index (χ1v) is 12.5. The fourth-order valence-corrected chi connectivity index (χ4v) is 7.17. The average Bonchev–Trinajstić information content (AvgIpc) is 3.14. The van der Waals surface area contributed by atoms with Crippen molar-refractivity contribution in [3.8, 4) is 5.75 Å². The van der Waals surface area contributed by atoms with Crippen molar-refractivity contribution >= 4 is 50.3 Å². The maximum Gasteiger partial charge on any atom is 0.167 e. The fourth-order valence-electron chi connectivity index (χ4n) is 6.56. The Morgan fingerprint density at radius 3 is 2.71 bits per heavy atom. The van der Waals surface area contributed by atoms with Gasteiger partial charge in [-0.2, -0.15) is 5.10 Å². The number of benzene rings is 1. The molecule has 0 saturated heterocycles. The van der Waals surface area contributed by atoms with Gasteiger partial charge in [0, 0.05) is 28.8 Å². The minimum atomic E-state index is -0.829. The number of nitrogens with two attached hydrogens (primary N) is 1. The van der Waals surface area contributed by atoms with Crippen LogP contribution in [0.4, 0.5) is 15.8 Å². The van der Waals surface area contributed by atoms with Crippen molar-refractivity contribution in [3.05, 3.63) is 51.5 Å². The summed E-state index contributed by atoms with van der Waals surface area (Å²) in [6.45, 7) is 0. The molecule has 4 aliphatic rings. The quantitative estimate of drug-likeness (QED) is 0.272. The second kappa shape index (κ2) is 7.83. The molecule has 2 atom stereocenters. The van der Waals surface area contributed by atoms with Gasteiger partial charge in [0.15, 0.2) is 11.6 Å². The molecule has 2 unspecified atom stereocenters. The minimum Gasteiger partial charge on any atom is -0.505 e. The highest BCUT2D eigenvalue weighted by molar-refractivity contribution is 9.10. The number of phenolic OH excluding ortho intramolecular Hbond substituents is 1. The van der Waals surface area contributed by atoms with Crippen LogP contribution in [-0.4, -0.2) is 37.3 Å². The smallest absolute Gasteiger partial charge is 0.167 e. The summed E-state index contributed by atoms with van der Waals surface area (Å²) >= 11 is 9.69. The lowest BCUT2D eigenvalue weighted by Crippen LogP contribution is -2.59. The van der Waals surface area contributed by atoms with Crippen LogP contribution < -0.4 is 11.1 Å². The summed E-state index contributed by atoms with van der Waals surface area (Å²) in [5, 5.41) is 28.9. The lowest BCUT2D eigenvalue weighted by Gasteiger charge is -2.58. The van der Waals surface area contributed by atoms with Crippen molar-refractivity contribution in [2.75, 3.05) is 5.32 Å². The summed E-state index contributed by atoms with van der Waals surface area (Å²) in [6, 6.07) is 4.32. The third-order valence-electron chi connectivity index (χ3n) is 7.69. The lowest BCUT2D eigenvalue weighted by atomic mass is 9.52. The normalized spacial score (nSPS) is 30.3. The van der Waals surface area contributed by atoms with Crippen molar-refractivity contribution in [2.45, 2.75) is 43.7 Å². The van der Waals surface area contributed by atoms with Crippen LogP contribution in [0.1, 0.15) is 37.7 Å². The predicted octanol–water partition coefficient (Wildman–Crippen LogP) is 4.98. The molecule has 34 heavy (non-hydrogen) atoms. The highest BCUT2D eigenvalue weighted by Gasteiger charge is 2.54. The number of aliphatic imine (C=N–C) groups is 1. The summed E-state index contributed by atoms with van der Waals surface area (Å²) in [7, 11) is 0. The van der Waals surface area contributed by atoms with E-state index in [0.717, 1.165) is 59.9 Å². The van der Waals surface area contributed by atoms with E-state index in [4.69, 9.17) is 17.3 Å². The number of aliphatic hydroxyl groups is 1. The van der Waals surface area contributed by atoms with Crippen molar-refractivity contribution in [1.82, 2.24) is 9.61 Å². The number of aromatic hydroxyl groups is 1. The first-order valence-electron chi connectivity index (χ1n) is 11.4. The number of amidine groups is 1. The third-order valence-corrected chi connectivity index (χ3v) is 8.43. The van der Waals surface area contributed by atoms with Crippen molar-refractivity contribution in [1.29, 1.82) is 0 Å². The molecular weight excluding hydrogens is 525 g/mol. The molecule has 2 heterocycles. The monoisotopic (exact) mass is 547 g/mol. The summed E-state index contributed by atoms with van der Waals surface area (Å²) in [5.41, 5.74) is 8.22. The number of fused-ring (bicyclic) bond motifs is 1. The largest absolute Gasteiger partial charge is 0.505 e. The molecule has 0 radical (unpaired) electrons. The summed E-state index contributed by atoms with van der Waals surface area (Å²) < 4.78 is 16.6. The first kappa shape index (κ1) is 22.1. The molecule has 5 N–H and O–H groups in total. The highest BCUT2D eigenvalue weighted by Crippen LogP contribution is 2.56. The number of hydrogen-bond acceptors (Lipinski definition) is 5. The number of anilines is 1. The van der Waals surface area contributed by atoms with Gasteiger partial charge in [0.1, 0.15) is 5.84 Å². The lowest BCUT2D eigenvalue weighted by molar-refractivity contribution is -0.129. The summed E-state index contributed by atoms with van der Waals surface area (Å²) in [6.07, 6.45) is 8.27. The van der Waals surface area contributed by atoms with Gasteiger partial charge < -0.3 is 21.3 Å². The molecule has 0 aliphatic heterocycles. The Hall–Kier alpha value is -2.36. The van der Waals surface area contributed by atoms with E-state index >= 15 is 0 Å². The molecule has 4 saturated carbocycles. The molecule has 10 heteroatoms. The molecule has 4 bridgehead atoms. The van der Waals surface area contributed by atoms with Crippen LogP contribution in [0.5, 0.6) is 5.75 Å². The Morgan fingerprint density at radius 2 is 2.00 bits per heavy atom. The molecule has 1 aromatic carbocycles. The van der Waals surface area contributed by atoms with Crippen LogP contribution in [0.2, 0.25) is 5.02 Å². The fraction of sp³-hybridized carbons (Fsp3) is 0.417. The van der Waals surface area contributed by atoms with Gasteiger partial charge in [-0.1, -0.05) is 11.6 Å². The molecule has 7 rings (SSSR count). The van der Waals surface area contributed by atoms with E-state index in [2.05, 4.69) is 31.3 Å². The maximum absolute atomic E-state index is 13.9. The molecule has 0 spiro atoms. The maximum atomic E-state index is 13.9. The number of hydrogen-bond donors (Lipinski definition) is 4. The average molecular weight is 549 g/mol. The molecule has 4 fully saturated rings. The van der Waals surface area contributed by atoms with Crippen LogP contribution in [0.3, 0.4) is 0 Å². The topological polar surface area (TPSA) is 108 Å². The van der Waals surface area contributed by atoms with Crippen LogP contribution in [-0.2, 0) is 0 Å². The predicted molar refractivity (Wildman–Crippen MR) is 132 cm³/mol. The van der Waals surface area contributed by atoms with E-state index < -0.39 is 17.2 Å². The number of nitrogens with one attached hydrogen (secondary N) is 1. The van der Waals surface area contributed by atoms with Crippen LogP contribution in [0.15, 0.2) is 40.1 Å². The van der Waals surface area contributed by atoms with Gasteiger partial charge in [-0.3, -0.25) is 0 Å². The zero-order valence-corrected chi connectivity index (χ0v) is 20.5. The minimum absolute atomic E-state index is 0.0881. The van der Waals surface area contributed by atoms with E-state index in [1.54, 1.807) is 10.7 Å². The molecule has 4 aliphatic carbocycles. The van der Waals surface area contributed by atoms with Gasteiger partial charge in [0.05, 0.1) is 39.3 Å². The summed E-state index contributed by atoms with van der Waals surface area (Å²) in [5.74, 6) is 0.117. The molecule has 7 nitrogen and oxygen atoms in total. The standard InChI is InChI=1S/C24H24BrClFN5O2/c25-14-3-19-22(31-21-12-1-11-2-13(21)8-24(34,6-11)7-12)15(9-29-32(19)10-14)23(28)30-18-5-17(27)20(33)4-16(18)26/h3-5,9-13,21,31,33-34H,1-2,6-8H2,(H2,28,30). The van der Waals surface area contributed by atoms with Gasteiger partial charge in [-0.15, -0.1) is 0 Å². The van der Waals surface area contributed by atoms with Gasteiger partial charge in [0.2, 0.25) is 0 Å². The Labute approximate surface area is 209 Å². The van der Waals surface area contributed by atoms with E-state index in [0.29, 0.717) is 23.3 Å². The van der Waals surface area contributed by atoms with E-state index in [1.807, 2.05) is 12.3 Å². The zero-order chi connectivity index (χ0) is 23.8. The van der Waals surface area contributed by atoms with Crippen molar-refractivity contribution in [3.63, 3.8) is 0 Å². The van der Waals surface area contributed by atoms with Crippen LogP contribution in [0, 0.1) is 23.6 Å². The number of phenols is 1. The number of nitrogens with zero attached hydrogens (tertiary/aromatic N) is 3. The van der Waals surface area contributed by atoms with Gasteiger partial charge in [-0.25, -0.2) is 13.9 Å². The number of halogens is 3. The van der Waals surface area contributed by atoms with Crippen molar-refractivity contribution < 1.29 is 14.6 Å². The van der Waals surface area contributed by atoms with Gasteiger partial charge in [-0.05, 0) is 71.9 Å². The summed E-state index contributed by atoms with van der Waals surface area (Å²) in [4.78, 5) is 4.37. The number of aromatic nitrogens is 2. The second-order valence-electron chi connectivity index (χ2n) is 10.0. The SMILES string of the molecule is NC(=Nc1cc(F)c(O)cc1Cl)c1cnn2cc(Br)cc2c1NC1C2CC3CC1CC(O)(C3)C2. The van der Waals surface area contributed by atoms with Crippen molar-refractivity contribution in [2.24, 2.45) is 28.5 Å². The van der Waals surface area contributed by atoms with E-state index in [1.165, 1.54) is 0 Å². The molecule has 0 amide bonds. The highest BCUT2D eigenvalue weighted by atomic mass is 79.9. The molecule has 178 valence electrons. The van der Waals surface area contributed by atoms with Crippen LogP contribution >= 0.6 is 27.5 Å². The van der Waals surface area contributed by atoms with E-state index in [9.17, 15) is 14.6 Å². The Kier molecular flexibility index (Phi) is 5.09. The first-order chi connectivity index (χ1) is 16.2. The van der Waals surface area contributed by atoms with Gasteiger partial charge >= 0.3 is 0 Å². The Bertz CT molecular complexity index is 1330. The zero-order valence-electron chi connectivity index (χ0n) is 18.2. The van der Waals surface area contributed by atoms with Gasteiger partial charge in [0.25, 0.3) is 0 Å². The molecule has 3 aromatic rings. The molecular formula is C24H24BrClFN5O2. The molecule has 2 aromatic heterocycles. The Balaban J connectivity index is 1.42. The Morgan fingerprint density at radius 1 is 1.26 bits per heavy atom. The van der Waals surface area contributed by atoms with Crippen LogP contribution in [0.25, 0.3) is 5.52 Å². The third kappa shape index (κ3) is 3.65.